The number of ketones is 1. The molecule has 0 heterocycles. The van der Waals surface area contributed by atoms with Crippen LogP contribution in [0, 0.1) is 34.5 Å². The number of carbonyl (C=O) groups excluding carboxylic acids is 1. The fraction of sp³-hybridized carbons (Fsp3) is 0.947. The van der Waals surface area contributed by atoms with Crippen LogP contribution < -0.4 is 0 Å². The molecule has 4 aliphatic rings. The van der Waals surface area contributed by atoms with Crippen molar-refractivity contribution in [1.82, 2.24) is 0 Å². The summed E-state index contributed by atoms with van der Waals surface area (Å²) in [6.45, 7) is 4.59. The molecule has 0 saturated heterocycles. The van der Waals surface area contributed by atoms with E-state index in [1.54, 1.807) is 0 Å². The van der Waals surface area contributed by atoms with Crippen LogP contribution in [0.1, 0.15) is 71.6 Å². The van der Waals surface area contributed by atoms with Gasteiger partial charge in [0, 0.05) is 11.8 Å². The van der Waals surface area contributed by atoms with Crippen molar-refractivity contribution in [2.75, 3.05) is 0 Å². The van der Waals surface area contributed by atoms with Crippen molar-refractivity contribution in [3.63, 3.8) is 0 Å². The summed E-state index contributed by atoms with van der Waals surface area (Å²) in [7, 11) is -4.37. The van der Waals surface area contributed by atoms with Crippen molar-refractivity contribution in [3.8, 4) is 0 Å². The SMILES string of the molecule is CC12CCC3C(CC[C@H]4CC(OS(=O)(=O)O)CCC34C)C1CCC2=O. The van der Waals surface area contributed by atoms with Gasteiger partial charge >= 0.3 is 10.4 Å². The maximum atomic E-state index is 12.4. The monoisotopic (exact) mass is 370 g/mol. The van der Waals surface area contributed by atoms with E-state index in [9.17, 15) is 13.2 Å². The van der Waals surface area contributed by atoms with Gasteiger partial charge < -0.3 is 0 Å². The quantitative estimate of drug-likeness (QED) is 0.748. The number of hydrogen-bond donors (Lipinski definition) is 1. The molecule has 142 valence electrons. The third-order valence-corrected chi connectivity index (χ3v) is 9.10. The third-order valence-electron chi connectivity index (χ3n) is 8.58. The molecule has 0 radical (unpaired) electrons. The Morgan fingerprint density at radius 1 is 1.04 bits per heavy atom. The highest BCUT2D eigenvalue weighted by atomic mass is 32.3. The summed E-state index contributed by atoms with van der Waals surface area (Å²) >= 11 is 0. The zero-order chi connectivity index (χ0) is 18.0. The summed E-state index contributed by atoms with van der Waals surface area (Å²) in [5.74, 6) is 2.76. The van der Waals surface area contributed by atoms with Gasteiger partial charge in [0.2, 0.25) is 0 Å². The van der Waals surface area contributed by atoms with Crippen molar-refractivity contribution >= 4 is 16.2 Å². The zero-order valence-electron chi connectivity index (χ0n) is 15.2. The van der Waals surface area contributed by atoms with Crippen LogP contribution >= 0.6 is 0 Å². The van der Waals surface area contributed by atoms with Crippen LogP contribution in [0.4, 0.5) is 0 Å². The number of rotatable bonds is 2. The molecule has 0 aromatic carbocycles. The van der Waals surface area contributed by atoms with Crippen LogP contribution in [0.2, 0.25) is 0 Å². The minimum atomic E-state index is -4.37. The fourth-order valence-corrected chi connectivity index (χ4v) is 7.77. The van der Waals surface area contributed by atoms with Gasteiger partial charge in [-0.1, -0.05) is 13.8 Å². The highest BCUT2D eigenvalue weighted by Crippen LogP contribution is 2.65. The fourth-order valence-electron chi connectivity index (χ4n) is 7.25. The summed E-state index contributed by atoms with van der Waals surface area (Å²) in [5.41, 5.74) is 0.130. The van der Waals surface area contributed by atoms with Gasteiger partial charge in [0.25, 0.3) is 0 Å². The second kappa shape index (κ2) is 5.77. The van der Waals surface area contributed by atoms with Crippen molar-refractivity contribution in [2.45, 2.75) is 77.7 Å². The van der Waals surface area contributed by atoms with E-state index in [-0.39, 0.29) is 16.9 Å². The molecule has 5 nitrogen and oxygen atoms in total. The zero-order valence-corrected chi connectivity index (χ0v) is 16.1. The van der Waals surface area contributed by atoms with Crippen LogP contribution in [0.3, 0.4) is 0 Å². The molecule has 7 atom stereocenters. The van der Waals surface area contributed by atoms with Crippen molar-refractivity contribution in [1.29, 1.82) is 0 Å². The normalized spacial score (nSPS) is 50.0. The minimum Gasteiger partial charge on any atom is -0.299 e. The van der Waals surface area contributed by atoms with E-state index >= 15 is 0 Å². The van der Waals surface area contributed by atoms with Crippen LogP contribution in [0.25, 0.3) is 0 Å². The first kappa shape index (κ1) is 17.9. The molecule has 0 aliphatic heterocycles. The Morgan fingerprint density at radius 3 is 2.52 bits per heavy atom. The van der Waals surface area contributed by atoms with Gasteiger partial charge in [-0.3, -0.25) is 9.35 Å². The van der Waals surface area contributed by atoms with E-state index in [1.165, 1.54) is 0 Å². The summed E-state index contributed by atoms with van der Waals surface area (Å²) in [4.78, 5) is 12.4. The number of Topliss-reactive ketones (excluding diaryl/α,β-unsaturated/α-hetero) is 1. The number of carbonyl (C=O) groups is 1. The van der Waals surface area contributed by atoms with Crippen molar-refractivity contribution in [3.05, 3.63) is 0 Å². The van der Waals surface area contributed by atoms with Gasteiger partial charge in [-0.25, -0.2) is 4.18 Å². The maximum Gasteiger partial charge on any atom is 0.397 e. The molecular formula is C19H30O5S. The molecule has 4 saturated carbocycles. The standard InChI is InChI=1S/C19H30O5S/c1-18-9-7-13(24-25(21,22)23)11-12(18)3-4-14-15-5-6-17(20)19(15,2)10-8-16(14)18/h12-16H,3-11H2,1-2H3,(H,21,22,23)/t12-,13?,14?,15?,16?,18?,19?/m0/s1. The maximum absolute atomic E-state index is 12.4. The summed E-state index contributed by atoms with van der Waals surface area (Å²) in [5, 5.41) is 0. The average molecular weight is 371 g/mol. The third kappa shape index (κ3) is 2.79. The first-order valence-corrected chi connectivity index (χ1v) is 11.2. The molecule has 0 amide bonds. The number of hydrogen-bond acceptors (Lipinski definition) is 4. The Hall–Kier alpha value is -0.460. The molecule has 0 aromatic heterocycles. The lowest BCUT2D eigenvalue weighted by atomic mass is 9.45. The Morgan fingerprint density at radius 2 is 1.80 bits per heavy atom. The first-order valence-electron chi connectivity index (χ1n) is 9.82. The highest BCUT2D eigenvalue weighted by molar-refractivity contribution is 7.80. The first-order chi connectivity index (χ1) is 11.6. The summed E-state index contributed by atoms with van der Waals surface area (Å²) in [6.07, 6.45) is 8.19. The Kier molecular flexibility index (Phi) is 4.14. The van der Waals surface area contributed by atoms with E-state index < -0.39 is 10.4 Å². The Labute approximate surface area is 150 Å². The largest absolute Gasteiger partial charge is 0.397 e. The molecule has 4 fully saturated rings. The van der Waals surface area contributed by atoms with Gasteiger partial charge in [-0.2, -0.15) is 8.42 Å². The van der Waals surface area contributed by atoms with Crippen LogP contribution in [-0.4, -0.2) is 24.9 Å². The number of fused-ring (bicyclic) bond motifs is 5. The topological polar surface area (TPSA) is 80.7 Å². The molecule has 6 unspecified atom stereocenters. The van der Waals surface area contributed by atoms with Crippen LogP contribution in [0.15, 0.2) is 0 Å². The highest BCUT2D eigenvalue weighted by Gasteiger charge is 2.60. The van der Waals surface area contributed by atoms with E-state index in [2.05, 4.69) is 13.8 Å². The second-order valence-corrected chi connectivity index (χ2v) is 10.5. The van der Waals surface area contributed by atoms with Crippen LogP contribution in [-0.2, 0) is 19.4 Å². The predicted molar refractivity (Wildman–Crippen MR) is 93.2 cm³/mol. The van der Waals surface area contributed by atoms with Gasteiger partial charge in [0.15, 0.2) is 0 Å². The molecule has 0 aromatic rings. The van der Waals surface area contributed by atoms with Gasteiger partial charge in [0.05, 0.1) is 6.10 Å². The second-order valence-electron chi connectivity index (χ2n) is 9.50. The van der Waals surface area contributed by atoms with Crippen LogP contribution in [0.5, 0.6) is 0 Å². The Balaban J connectivity index is 1.54. The smallest absolute Gasteiger partial charge is 0.299 e. The lowest BCUT2D eigenvalue weighted by Gasteiger charge is -2.60. The molecule has 4 aliphatic carbocycles. The predicted octanol–water partition coefficient (Wildman–Crippen LogP) is 3.79. The van der Waals surface area contributed by atoms with Crippen molar-refractivity contribution < 1.29 is 21.9 Å². The van der Waals surface area contributed by atoms with E-state index in [0.717, 1.165) is 51.4 Å². The molecular weight excluding hydrogens is 340 g/mol. The molecule has 4 rings (SSSR count). The van der Waals surface area contributed by atoms with E-state index in [0.29, 0.717) is 35.9 Å². The van der Waals surface area contributed by atoms with Gasteiger partial charge in [0.1, 0.15) is 5.78 Å². The lowest BCUT2D eigenvalue weighted by molar-refractivity contribution is -0.141. The molecule has 1 N–H and O–H groups in total. The molecule has 0 bridgehead atoms. The lowest BCUT2D eigenvalue weighted by Crippen LogP contribution is -2.54. The molecule has 0 spiro atoms. The molecule has 25 heavy (non-hydrogen) atoms. The summed E-state index contributed by atoms with van der Waals surface area (Å²) in [6, 6.07) is 0. The molecule has 6 heteroatoms. The summed E-state index contributed by atoms with van der Waals surface area (Å²) < 4.78 is 36.0. The average Bonchev–Trinajstić information content (AvgIpc) is 2.82. The van der Waals surface area contributed by atoms with Gasteiger partial charge in [-0.05, 0) is 80.5 Å². The van der Waals surface area contributed by atoms with Crippen molar-refractivity contribution in [2.24, 2.45) is 34.5 Å². The minimum absolute atomic E-state index is 0.0877. The Bertz CT molecular complexity index is 673. The van der Waals surface area contributed by atoms with E-state index in [4.69, 9.17) is 8.74 Å². The van der Waals surface area contributed by atoms with E-state index in [1.807, 2.05) is 0 Å². The van der Waals surface area contributed by atoms with Gasteiger partial charge in [-0.15, -0.1) is 0 Å².